The standard InChI is InChI=1S/C12H15ClFNO/c13-10-5-8(1-2-11(10)14)6-12(16)4-3-9(15)7-12/h1-2,5,9,16H,3-4,6-7,15H2. The second-order valence-electron chi connectivity index (χ2n) is 4.65. The number of aliphatic hydroxyl groups is 1. The van der Waals surface area contributed by atoms with E-state index in [1.165, 1.54) is 6.07 Å². The molecule has 4 heteroatoms. The third kappa shape index (κ3) is 2.54. The molecule has 0 aromatic heterocycles. The summed E-state index contributed by atoms with van der Waals surface area (Å²) in [5.74, 6) is -0.430. The zero-order valence-corrected chi connectivity index (χ0v) is 9.67. The van der Waals surface area contributed by atoms with Crippen molar-refractivity contribution < 1.29 is 9.50 Å². The average molecular weight is 244 g/mol. The van der Waals surface area contributed by atoms with Crippen molar-refractivity contribution in [3.63, 3.8) is 0 Å². The first kappa shape index (κ1) is 11.8. The molecule has 0 amide bonds. The molecule has 2 nitrogen and oxygen atoms in total. The van der Waals surface area contributed by atoms with Gasteiger partial charge in [-0.15, -0.1) is 0 Å². The molecule has 1 saturated carbocycles. The number of hydrogen-bond donors (Lipinski definition) is 2. The molecule has 0 radical (unpaired) electrons. The van der Waals surface area contributed by atoms with Crippen LogP contribution in [0.25, 0.3) is 0 Å². The van der Waals surface area contributed by atoms with Crippen LogP contribution < -0.4 is 5.73 Å². The van der Waals surface area contributed by atoms with Gasteiger partial charge < -0.3 is 10.8 Å². The summed E-state index contributed by atoms with van der Waals surface area (Å²) >= 11 is 5.69. The van der Waals surface area contributed by atoms with Gasteiger partial charge in [-0.25, -0.2) is 4.39 Å². The Morgan fingerprint density at radius 3 is 2.88 bits per heavy atom. The van der Waals surface area contributed by atoms with Gasteiger partial charge in [0.25, 0.3) is 0 Å². The molecule has 1 fully saturated rings. The van der Waals surface area contributed by atoms with Crippen LogP contribution in [0.15, 0.2) is 18.2 Å². The maximum Gasteiger partial charge on any atom is 0.141 e. The van der Waals surface area contributed by atoms with Crippen molar-refractivity contribution in [1.29, 1.82) is 0 Å². The topological polar surface area (TPSA) is 46.2 Å². The van der Waals surface area contributed by atoms with Gasteiger partial charge in [0.1, 0.15) is 5.82 Å². The first-order valence-electron chi connectivity index (χ1n) is 5.40. The van der Waals surface area contributed by atoms with Crippen molar-refractivity contribution in [2.45, 2.75) is 37.3 Å². The van der Waals surface area contributed by atoms with Gasteiger partial charge in [0.2, 0.25) is 0 Å². The van der Waals surface area contributed by atoms with Crippen LogP contribution in [-0.4, -0.2) is 16.7 Å². The van der Waals surface area contributed by atoms with Gasteiger partial charge >= 0.3 is 0 Å². The van der Waals surface area contributed by atoms with Crippen LogP contribution in [0.3, 0.4) is 0 Å². The van der Waals surface area contributed by atoms with E-state index in [0.29, 0.717) is 19.3 Å². The summed E-state index contributed by atoms with van der Waals surface area (Å²) in [5.41, 5.74) is 5.87. The van der Waals surface area contributed by atoms with Crippen molar-refractivity contribution in [3.05, 3.63) is 34.6 Å². The molecule has 2 unspecified atom stereocenters. The van der Waals surface area contributed by atoms with Gasteiger partial charge in [0.05, 0.1) is 10.6 Å². The Kier molecular flexibility index (Phi) is 3.19. The minimum absolute atomic E-state index is 0.0703. The van der Waals surface area contributed by atoms with E-state index in [9.17, 15) is 9.50 Å². The molecule has 0 heterocycles. The lowest BCUT2D eigenvalue weighted by Gasteiger charge is -2.22. The molecule has 0 bridgehead atoms. The van der Waals surface area contributed by atoms with Crippen LogP contribution in [0.2, 0.25) is 5.02 Å². The zero-order valence-electron chi connectivity index (χ0n) is 8.92. The van der Waals surface area contributed by atoms with Gasteiger partial charge in [0.15, 0.2) is 0 Å². The average Bonchev–Trinajstić information content (AvgIpc) is 2.52. The number of benzene rings is 1. The Morgan fingerprint density at radius 2 is 2.31 bits per heavy atom. The van der Waals surface area contributed by atoms with Crippen LogP contribution in [0, 0.1) is 5.82 Å². The summed E-state index contributed by atoms with van der Waals surface area (Å²) in [6.07, 6.45) is 2.62. The summed E-state index contributed by atoms with van der Waals surface area (Å²) in [4.78, 5) is 0. The van der Waals surface area contributed by atoms with Crippen LogP contribution in [0.5, 0.6) is 0 Å². The maximum atomic E-state index is 13.0. The van der Waals surface area contributed by atoms with E-state index in [-0.39, 0.29) is 11.1 Å². The molecule has 1 aliphatic rings. The van der Waals surface area contributed by atoms with E-state index in [1.807, 2.05) is 0 Å². The van der Waals surface area contributed by atoms with Crippen molar-refractivity contribution in [2.75, 3.05) is 0 Å². The molecule has 1 aliphatic carbocycles. The highest BCUT2D eigenvalue weighted by Crippen LogP contribution is 2.32. The summed E-state index contributed by atoms with van der Waals surface area (Å²) < 4.78 is 13.0. The summed E-state index contributed by atoms with van der Waals surface area (Å²) in [5, 5.41) is 10.4. The summed E-state index contributed by atoms with van der Waals surface area (Å²) in [7, 11) is 0. The number of rotatable bonds is 2. The summed E-state index contributed by atoms with van der Waals surface area (Å²) in [6.45, 7) is 0. The largest absolute Gasteiger partial charge is 0.389 e. The maximum absolute atomic E-state index is 13.0. The van der Waals surface area contributed by atoms with E-state index in [2.05, 4.69) is 0 Å². The highest BCUT2D eigenvalue weighted by molar-refractivity contribution is 6.30. The molecule has 1 aromatic rings. The molecule has 88 valence electrons. The van der Waals surface area contributed by atoms with Crippen molar-refractivity contribution in [2.24, 2.45) is 5.73 Å². The van der Waals surface area contributed by atoms with Crippen LogP contribution in [0.1, 0.15) is 24.8 Å². The summed E-state index contributed by atoms with van der Waals surface area (Å²) in [6, 6.07) is 4.62. The quantitative estimate of drug-likeness (QED) is 0.837. The van der Waals surface area contributed by atoms with E-state index >= 15 is 0 Å². The van der Waals surface area contributed by atoms with Gasteiger partial charge in [0, 0.05) is 12.5 Å². The third-order valence-corrected chi connectivity index (χ3v) is 3.43. The van der Waals surface area contributed by atoms with Crippen molar-refractivity contribution in [1.82, 2.24) is 0 Å². The first-order chi connectivity index (χ1) is 7.48. The fourth-order valence-electron chi connectivity index (χ4n) is 2.34. The third-order valence-electron chi connectivity index (χ3n) is 3.14. The van der Waals surface area contributed by atoms with Crippen molar-refractivity contribution >= 4 is 11.6 Å². The predicted molar refractivity (Wildman–Crippen MR) is 61.9 cm³/mol. The Balaban J connectivity index is 2.12. The zero-order chi connectivity index (χ0) is 11.8. The molecule has 3 N–H and O–H groups in total. The van der Waals surface area contributed by atoms with Gasteiger partial charge in [-0.05, 0) is 37.0 Å². The van der Waals surface area contributed by atoms with Gasteiger partial charge in [-0.2, -0.15) is 0 Å². The molecule has 2 atom stereocenters. The molecular formula is C12H15ClFNO. The van der Waals surface area contributed by atoms with Gasteiger partial charge in [-0.1, -0.05) is 17.7 Å². The number of nitrogens with two attached hydrogens (primary N) is 1. The molecule has 0 saturated heterocycles. The second-order valence-corrected chi connectivity index (χ2v) is 5.06. The SMILES string of the molecule is NC1CCC(O)(Cc2ccc(F)c(Cl)c2)C1. The predicted octanol–water partition coefficient (Wildman–Crippen LogP) is 2.26. The lowest BCUT2D eigenvalue weighted by molar-refractivity contribution is 0.0468. The molecule has 1 aromatic carbocycles. The van der Waals surface area contributed by atoms with Crippen LogP contribution >= 0.6 is 11.6 Å². The molecule has 2 rings (SSSR count). The van der Waals surface area contributed by atoms with E-state index < -0.39 is 11.4 Å². The monoisotopic (exact) mass is 243 g/mol. The second kappa shape index (κ2) is 4.32. The lowest BCUT2D eigenvalue weighted by Crippen LogP contribution is -2.30. The highest BCUT2D eigenvalue weighted by Gasteiger charge is 2.35. The minimum atomic E-state index is -0.749. The molecule has 0 aliphatic heterocycles. The first-order valence-corrected chi connectivity index (χ1v) is 5.78. The van der Waals surface area contributed by atoms with E-state index in [0.717, 1.165) is 12.0 Å². The van der Waals surface area contributed by atoms with Gasteiger partial charge in [-0.3, -0.25) is 0 Å². The normalized spacial score (nSPS) is 29.6. The highest BCUT2D eigenvalue weighted by atomic mass is 35.5. The van der Waals surface area contributed by atoms with Crippen LogP contribution in [-0.2, 0) is 6.42 Å². The molecule has 16 heavy (non-hydrogen) atoms. The molecule has 0 spiro atoms. The smallest absolute Gasteiger partial charge is 0.141 e. The Morgan fingerprint density at radius 1 is 1.56 bits per heavy atom. The fourth-order valence-corrected chi connectivity index (χ4v) is 2.54. The Hall–Kier alpha value is -0.640. The van der Waals surface area contributed by atoms with Crippen LogP contribution in [0.4, 0.5) is 4.39 Å². The fraction of sp³-hybridized carbons (Fsp3) is 0.500. The Labute approximate surface area is 99.2 Å². The molecular weight excluding hydrogens is 229 g/mol. The number of halogens is 2. The minimum Gasteiger partial charge on any atom is -0.389 e. The number of hydrogen-bond acceptors (Lipinski definition) is 2. The Bertz CT molecular complexity index is 399. The van der Waals surface area contributed by atoms with Crippen molar-refractivity contribution in [3.8, 4) is 0 Å². The lowest BCUT2D eigenvalue weighted by atomic mass is 9.93. The van der Waals surface area contributed by atoms with E-state index in [1.54, 1.807) is 12.1 Å². The van der Waals surface area contributed by atoms with E-state index in [4.69, 9.17) is 17.3 Å².